The monoisotopic (exact) mass is 472 g/mol. The van der Waals surface area contributed by atoms with Gasteiger partial charge in [0.25, 0.3) is 11.7 Å². The Labute approximate surface area is 204 Å². The first-order chi connectivity index (χ1) is 16.5. The van der Waals surface area contributed by atoms with Gasteiger partial charge in [0.15, 0.2) is 0 Å². The van der Waals surface area contributed by atoms with Crippen molar-refractivity contribution in [1.29, 1.82) is 0 Å². The van der Waals surface area contributed by atoms with Crippen molar-refractivity contribution in [2.75, 3.05) is 10.2 Å². The molecule has 0 aliphatic carbocycles. The lowest BCUT2D eigenvalue weighted by Crippen LogP contribution is -2.29. The van der Waals surface area contributed by atoms with Crippen LogP contribution in [0, 0.1) is 6.92 Å². The Kier molecular flexibility index (Phi) is 6.11. The van der Waals surface area contributed by atoms with Crippen LogP contribution in [-0.2, 0) is 19.8 Å². The maximum atomic E-state index is 13.3. The predicted octanol–water partition coefficient (Wildman–Crippen LogP) is 5.47. The maximum Gasteiger partial charge on any atom is 0.300 e. The Morgan fingerprint density at radius 2 is 1.80 bits per heavy atom. The summed E-state index contributed by atoms with van der Waals surface area (Å²) in [6.45, 7) is 9.41. The molecule has 1 aromatic heterocycles. The van der Waals surface area contributed by atoms with Crippen LogP contribution in [0.4, 0.5) is 11.4 Å². The fourth-order valence-electron chi connectivity index (χ4n) is 4.24. The number of benzene rings is 2. The molecule has 2 aromatic carbocycles. The van der Waals surface area contributed by atoms with Gasteiger partial charge in [0.05, 0.1) is 11.8 Å². The summed E-state index contributed by atoms with van der Waals surface area (Å²) in [5.74, 6) is -1.79. The number of amides is 2. The summed E-state index contributed by atoms with van der Waals surface area (Å²) in [6, 6.07) is 14.7. The zero-order valence-corrected chi connectivity index (χ0v) is 20.4. The molecule has 3 aromatic rings. The zero-order valence-electron chi connectivity index (χ0n) is 20.4. The molecule has 1 fully saturated rings. The van der Waals surface area contributed by atoms with Crippen molar-refractivity contribution >= 4 is 34.7 Å². The predicted molar refractivity (Wildman–Crippen MR) is 134 cm³/mol. The van der Waals surface area contributed by atoms with Crippen molar-refractivity contribution in [3.8, 4) is 0 Å². The highest BCUT2D eigenvalue weighted by atomic mass is 16.3. The lowest BCUT2D eigenvalue weighted by Gasteiger charge is -2.24. The number of ketones is 1. The molecule has 2 N–H and O–H groups in total. The summed E-state index contributed by atoms with van der Waals surface area (Å²) in [5.41, 5.74) is 2.87. The van der Waals surface area contributed by atoms with Crippen molar-refractivity contribution in [3.63, 3.8) is 0 Å². The molecule has 1 aliphatic rings. The van der Waals surface area contributed by atoms with Gasteiger partial charge in [-0.3, -0.25) is 19.3 Å². The molecule has 0 saturated carbocycles. The highest BCUT2D eigenvalue weighted by Gasteiger charge is 2.48. The average Bonchev–Trinajstić information content (AvgIpc) is 3.39. The molecule has 1 atom stereocenters. The number of nitrogens with zero attached hydrogens (tertiary/aromatic N) is 1. The van der Waals surface area contributed by atoms with E-state index in [-0.39, 0.29) is 22.7 Å². The van der Waals surface area contributed by atoms with E-state index in [0.717, 1.165) is 11.1 Å². The smallest absolute Gasteiger partial charge is 0.300 e. The average molecular weight is 473 g/mol. The summed E-state index contributed by atoms with van der Waals surface area (Å²) >= 11 is 0. The normalized spacial score (nSPS) is 17.6. The van der Waals surface area contributed by atoms with Gasteiger partial charge in [-0.1, -0.05) is 39.0 Å². The van der Waals surface area contributed by atoms with Gasteiger partial charge in [-0.15, -0.1) is 0 Å². The number of carbonyl (C=O) groups excluding carboxylic acids is 3. The summed E-state index contributed by atoms with van der Waals surface area (Å²) in [5, 5.41) is 14.2. The minimum atomic E-state index is -0.977. The van der Waals surface area contributed by atoms with Gasteiger partial charge < -0.3 is 14.8 Å². The van der Waals surface area contributed by atoms with Crippen molar-refractivity contribution in [2.45, 2.75) is 46.1 Å². The van der Waals surface area contributed by atoms with Crippen molar-refractivity contribution in [3.05, 3.63) is 88.9 Å². The maximum absolute atomic E-state index is 13.3. The summed E-state index contributed by atoms with van der Waals surface area (Å²) in [6.07, 6.45) is 1.45. The van der Waals surface area contributed by atoms with Crippen LogP contribution in [-0.4, -0.2) is 22.7 Å². The molecule has 7 heteroatoms. The van der Waals surface area contributed by atoms with E-state index >= 15 is 0 Å². The Hall–Kier alpha value is -4.13. The molecule has 0 bridgehead atoms. The second kappa shape index (κ2) is 8.91. The zero-order chi connectivity index (χ0) is 25.5. The number of furan rings is 1. The molecule has 1 saturated heterocycles. The summed E-state index contributed by atoms with van der Waals surface area (Å²) < 4.78 is 5.62. The topological polar surface area (TPSA) is 99.9 Å². The summed E-state index contributed by atoms with van der Waals surface area (Å²) in [4.78, 5) is 39.5. The molecular weight excluding hydrogens is 444 g/mol. The Bertz CT molecular complexity index is 1350. The fraction of sp³-hybridized carbons (Fsp3) is 0.250. The number of aryl methyl sites for hydroxylation is 1. The molecule has 35 heavy (non-hydrogen) atoms. The van der Waals surface area contributed by atoms with Crippen LogP contribution in [0.3, 0.4) is 0 Å². The third-order valence-corrected chi connectivity index (χ3v) is 6.06. The Morgan fingerprint density at radius 3 is 2.43 bits per heavy atom. The van der Waals surface area contributed by atoms with E-state index in [9.17, 15) is 19.5 Å². The van der Waals surface area contributed by atoms with Crippen LogP contribution in [0.25, 0.3) is 5.76 Å². The number of rotatable bonds is 4. The van der Waals surface area contributed by atoms with Gasteiger partial charge in [-0.25, -0.2) is 0 Å². The van der Waals surface area contributed by atoms with Crippen LogP contribution < -0.4 is 10.2 Å². The lowest BCUT2D eigenvalue weighted by molar-refractivity contribution is -0.132. The molecule has 2 heterocycles. The van der Waals surface area contributed by atoms with Gasteiger partial charge in [-0.2, -0.15) is 0 Å². The Morgan fingerprint density at radius 1 is 1.06 bits per heavy atom. The van der Waals surface area contributed by atoms with Gasteiger partial charge in [0.1, 0.15) is 17.6 Å². The van der Waals surface area contributed by atoms with E-state index in [1.54, 1.807) is 36.4 Å². The van der Waals surface area contributed by atoms with E-state index in [2.05, 4.69) is 26.1 Å². The molecule has 7 nitrogen and oxygen atoms in total. The van der Waals surface area contributed by atoms with Gasteiger partial charge in [0, 0.05) is 23.9 Å². The van der Waals surface area contributed by atoms with Crippen LogP contribution >= 0.6 is 0 Å². The highest BCUT2D eigenvalue weighted by molar-refractivity contribution is 6.51. The number of aliphatic hydroxyl groups excluding tert-OH is 1. The van der Waals surface area contributed by atoms with E-state index in [1.165, 1.54) is 18.1 Å². The lowest BCUT2D eigenvalue weighted by atomic mass is 9.84. The molecule has 4 rings (SSSR count). The Balaban J connectivity index is 1.92. The number of hydrogen-bond acceptors (Lipinski definition) is 5. The highest BCUT2D eigenvalue weighted by Crippen LogP contribution is 2.43. The molecular formula is C28H28N2O5. The minimum absolute atomic E-state index is 0.0518. The van der Waals surface area contributed by atoms with Crippen LogP contribution in [0.1, 0.15) is 56.2 Å². The van der Waals surface area contributed by atoms with E-state index in [1.807, 2.05) is 25.1 Å². The second-order valence-corrected chi connectivity index (χ2v) is 9.70. The van der Waals surface area contributed by atoms with Crippen molar-refractivity contribution in [2.24, 2.45) is 0 Å². The number of nitrogens with one attached hydrogen (secondary N) is 1. The number of aliphatic hydroxyl groups is 1. The van der Waals surface area contributed by atoms with Gasteiger partial charge in [-0.05, 0) is 59.9 Å². The first-order valence-electron chi connectivity index (χ1n) is 11.3. The van der Waals surface area contributed by atoms with E-state index in [0.29, 0.717) is 22.7 Å². The third kappa shape index (κ3) is 4.49. The molecule has 180 valence electrons. The van der Waals surface area contributed by atoms with Crippen LogP contribution in [0.5, 0.6) is 0 Å². The fourth-order valence-corrected chi connectivity index (χ4v) is 4.24. The molecule has 0 radical (unpaired) electrons. The SMILES string of the molecule is CC(=O)Nc1cccc(N2C(=O)C(=O)/C(=C(/O)c3cc(C(C)(C)C)ccc3C)C2c2ccco2)c1. The summed E-state index contributed by atoms with van der Waals surface area (Å²) in [7, 11) is 0. The number of hydrogen-bond donors (Lipinski definition) is 2. The van der Waals surface area contributed by atoms with Crippen LogP contribution in [0.2, 0.25) is 0 Å². The number of anilines is 2. The van der Waals surface area contributed by atoms with Crippen molar-refractivity contribution in [1.82, 2.24) is 0 Å². The largest absolute Gasteiger partial charge is 0.507 e. The van der Waals surface area contributed by atoms with Crippen LogP contribution in [0.15, 0.2) is 70.9 Å². The van der Waals surface area contributed by atoms with E-state index in [4.69, 9.17) is 4.42 Å². The number of Topliss-reactive ketones (excluding diaryl/α,β-unsaturated/α-hetero) is 1. The minimum Gasteiger partial charge on any atom is -0.507 e. The quantitative estimate of drug-likeness (QED) is 0.298. The first-order valence-corrected chi connectivity index (χ1v) is 11.3. The third-order valence-electron chi connectivity index (χ3n) is 6.06. The van der Waals surface area contributed by atoms with Gasteiger partial charge in [0.2, 0.25) is 5.91 Å². The standard InChI is InChI=1S/C28H28N2O5/c1-16-11-12-18(28(3,4)5)14-21(16)25(32)23-24(22-10-7-13-35-22)30(27(34)26(23)33)20-9-6-8-19(15-20)29-17(2)31/h6-15,24,32H,1-5H3,(H,29,31)/b25-23+. The van der Waals surface area contributed by atoms with Gasteiger partial charge >= 0.3 is 0 Å². The molecule has 0 spiro atoms. The van der Waals surface area contributed by atoms with Crippen molar-refractivity contribution < 1.29 is 23.9 Å². The first kappa shape index (κ1) is 24.0. The molecule has 1 aliphatic heterocycles. The molecule has 1 unspecified atom stereocenters. The van der Waals surface area contributed by atoms with E-state index < -0.39 is 17.7 Å². The molecule has 2 amide bonds. The number of carbonyl (C=O) groups is 3. The second-order valence-electron chi connectivity index (χ2n) is 9.70.